The molecule has 0 N–H and O–H groups in total. The van der Waals surface area contributed by atoms with Crippen molar-refractivity contribution in [3.8, 4) is 0 Å². The molecule has 0 saturated carbocycles. The topological polar surface area (TPSA) is 52.7 Å². The zero-order valence-electron chi connectivity index (χ0n) is 8.61. The maximum Gasteiger partial charge on any atom is 0.290 e. The Labute approximate surface area is 97.5 Å². The van der Waals surface area contributed by atoms with Crippen molar-refractivity contribution < 1.29 is 4.85 Å². The third-order valence-electron chi connectivity index (χ3n) is 3.06. The summed E-state index contributed by atoms with van der Waals surface area (Å²) in [6.07, 6.45) is 4.27. The predicted octanol–water partition coefficient (Wildman–Crippen LogP) is 1.80. The molecular weight excluding hydrogens is 226 g/mol. The van der Waals surface area contributed by atoms with Gasteiger partial charge in [-0.05, 0) is 53.8 Å². The summed E-state index contributed by atoms with van der Waals surface area (Å²) in [6, 6.07) is 3.89. The molecule has 0 spiro atoms. The normalized spacial score (nSPS) is 15.1. The van der Waals surface area contributed by atoms with Crippen LogP contribution in [-0.4, -0.2) is 10.1 Å². The minimum absolute atomic E-state index is 0.00161. The van der Waals surface area contributed by atoms with Gasteiger partial charge in [-0.15, -0.1) is 0 Å². The number of rotatable bonds is 0. The van der Waals surface area contributed by atoms with Crippen molar-refractivity contribution in [2.24, 2.45) is 0 Å². The van der Waals surface area contributed by atoms with Crippen LogP contribution in [0.15, 0.2) is 12.1 Å². The van der Waals surface area contributed by atoms with Crippen LogP contribution in [0.3, 0.4) is 0 Å². The summed E-state index contributed by atoms with van der Waals surface area (Å²) in [5, 5.41) is 15.4. The monoisotopic (exact) mass is 235 g/mol. The lowest BCUT2D eigenvalue weighted by Crippen LogP contribution is -2.34. The van der Waals surface area contributed by atoms with Gasteiger partial charge >= 0.3 is 0 Å². The Hall–Kier alpha value is -1.42. The van der Waals surface area contributed by atoms with Crippen molar-refractivity contribution >= 4 is 22.6 Å². The number of aromatic nitrogens is 3. The van der Waals surface area contributed by atoms with Crippen molar-refractivity contribution in [2.45, 2.75) is 25.7 Å². The number of hydrogen-bond acceptors (Lipinski definition) is 3. The number of fused-ring (bicyclic) bond motifs is 3. The van der Waals surface area contributed by atoms with Gasteiger partial charge in [-0.2, -0.15) is 0 Å². The number of hydrogen-bond donors (Lipinski definition) is 0. The van der Waals surface area contributed by atoms with Crippen LogP contribution in [0.5, 0.6) is 0 Å². The second kappa shape index (κ2) is 3.56. The highest BCUT2D eigenvalue weighted by molar-refractivity contribution is 6.28. The molecule has 0 aliphatic heterocycles. The minimum Gasteiger partial charge on any atom is -0.594 e. The molecule has 4 nitrogen and oxygen atoms in total. The van der Waals surface area contributed by atoms with Crippen molar-refractivity contribution in [3.05, 3.63) is 33.8 Å². The van der Waals surface area contributed by atoms with Crippen LogP contribution in [-0.2, 0) is 12.8 Å². The molecule has 5 heteroatoms. The van der Waals surface area contributed by atoms with E-state index >= 15 is 0 Å². The zero-order chi connectivity index (χ0) is 11.1. The molecule has 0 atom stereocenters. The molecule has 0 radical (unpaired) electrons. The van der Waals surface area contributed by atoms with Crippen molar-refractivity contribution in [1.29, 1.82) is 0 Å². The largest absolute Gasteiger partial charge is 0.594 e. The van der Waals surface area contributed by atoms with Crippen LogP contribution in [0, 0.1) is 5.21 Å². The second-order valence-electron chi connectivity index (χ2n) is 4.03. The fraction of sp³-hybridized carbons (Fsp3) is 0.364. The lowest BCUT2D eigenvalue weighted by atomic mass is 9.91. The van der Waals surface area contributed by atoms with Gasteiger partial charge in [0, 0.05) is 10.7 Å². The maximum absolute atomic E-state index is 11.8. The van der Waals surface area contributed by atoms with Crippen LogP contribution < -0.4 is 4.85 Å². The van der Waals surface area contributed by atoms with E-state index in [1.165, 1.54) is 12.0 Å². The van der Waals surface area contributed by atoms with Crippen LogP contribution >= 0.6 is 11.6 Å². The van der Waals surface area contributed by atoms with E-state index < -0.39 is 0 Å². The Kier molecular flexibility index (Phi) is 2.17. The molecule has 0 bridgehead atoms. The van der Waals surface area contributed by atoms with E-state index in [0.29, 0.717) is 15.9 Å². The van der Waals surface area contributed by atoms with Gasteiger partial charge in [0.2, 0.25) is 0 Å². The van der Waals surface area contributed by atoms with Gasteiger partial charge in [0.25, 0.3) is 10.8 Å². The van der Waals surface area contributed by atoms with E-state index in [9.17, 15) is 5.21 Å². The first-order valence-corrected chi connectivity index (χ1v) is 5.71. The van der Waals surface area contributed by atoms with E-state index in [2.05, 4.69) is 10.1 Å². The van der Waals surface area contributed by atoms with Gasteiger partial charge in [0.15, 0.2) is 0 Å². The van der Waals surface area contributed by atoms with Crippen LogP contribution in [0.25, 0.3) is 11.0 Å². The molecule has 0 saturated heterocycles. The Morgan fingerprint density at radius 2 is 2.06 bits per heavy atom. The molecular formula is C11H10ClN3O. The fourth-order valence-electron chi connectivity index (χ4n) is 2.35. The number of nitrogens with zero attached hydrogens (tertiary/aromatic N) is 3. The lowest BCUT2D eigenvalue weighted by molar-refractivity contribution is -0.643. The Morgan fingerprint density at radius 1 is 1.25 bits per heavy atom. The second-order valence-corrected chi connectivity index (χ2v) is 4.37. The van der Waals surface area contributed by atoms with Gasteiger partial charge in [-0.1, -0.05) is 6.07 Å². The van der Waals surface area contributed by atoms with E-state index in [1.54, 1.807) is 0 Å². The summed E-state index contributed by atoms with van der Waals surface area (Å²) in [5.74, 6) is 0. The fourth-order valence-corrected chi connectivity index (χ4v) is 2.51. The molecule has 1 aromatic heterocycles. The molecule has 82 valence electrons. The van der Waals surface area contributed by atoms with E-state index in [-0.39, 0.29) is 5.28 Å². The van der Waals surface area contributed by atoms with E-state index in [1.807, 2.05) is 12.1 Å². The molecule has 0 fully saturated rings. The Morgan fingerprint density at radius 3 is 2.94 bits per heavy atom. The van der Waals surface area contributed by atoms with Crippen molar-refractivity contribution in [1.82, 2.24) is 10.1 Å². The molecule has 0 unspecified atom stereocenters. The summed E-state index contributed by atoms with van der Waals surface area (Å²) in [6.45, 7) is 0. The first kappa shape index (κ1) is 9.78. The predicted molar refractivity (Wildman–Crippen MR) is 60.2 cm³/mol. The minimum atomic E-state index is -0.00161. The first-order chi connectivity index (χ1) is 7.75. The first-order valence-electron chi connectivity index (χ1n) is 5.33. The van der Waals surface area contributed by atoms with Crippen molar-refractivity contribution in [2.75, 3.05) is 0 Å². The number of halogens is 1. The summed E-state index contributed by atoms with van der Waals surface area (Å²) < 4.78 is 0. The SMILES string of the molecule is [O-][n+]1nc(Cl)nc2ccc3c(c21)CCCC3. The molecule has 1 aliphatic rings. The maximum atomic E-state index is 11.8. The average molecular weight is 236 g/mol. The van der Waals surface area contributed by atoms with Crippen LogP contribution in [0.2, 0.25) is 5.28 Å². The highest BCUT2D eigenvalue weighted by Crippen LogP contribution is 2.26. The van der Waals surface area contributed by atoms with Gasteiger partial charge < -0.3 is 5.21 Å². The highest BCUT2D eigenvalue weighted by Gasteiger charge is 2.20. The standard InChI is InChI=1S/C11H10ClN3O/c12-11-13-9-6-5-7-3-1-2-4-8(7)10(9)15(16)14-11/h5-6H,1-4H2. The number of aryl methyl sites for hydroxylation is 2. The lowest BCUT2D eigenvalue weighted by Gasteiger charge is -2.15. The van der Waals surface area contributed by atoms with Crippen LogP contribution in [0.4, 0.5) is 0 Å². The molecule has 2 aromatic rings. The average Bonchev–Trinajstić information content (AvgIpc) is 2.28. The molecule has 16 heavy (non-hydrogen) atoms. The molecule has 0 amide bonds. The summed E-state index contributed by atoms with van der Waals surface area (Å²) >= 11 is 5.66. The van der Waals surface area contributed by atoms with Crippen LogP contribution in [0.1, 0.15) is 24.0 Å². The quantitative estimate of drug-likeness (QED) is 0.517. The molecule has 1 aliphatic carbocycles. The Balaban J connectivity index is 2.38. The third kappa shape index (κ3) is 1.41. The summed E-state index contributed by atoms with van der Waals surface area (Å²) in [4.78, 5) is 4.68. The Bertz CT molecular complexity index is 571. The van der Waals surface area contributed by atoms with E-state index in [0.717, 1.165) is 24.8 Å². The molecule has 3 rings (SSSR count). The highest BCUT2D eigenvalue weighted by atomic mass is 35.5. The number of benzene rings is 1. The summed E-state index contributed by atoms with van der Waals surface area (Å²) in [5.41, 5.74) is 3.56. The smallest absolute Gasteiger partial charge is 0.290 e. The van der Waals surface area contributed by atoms with Gasteiger partial charge in [-0.3, -0.25) is 0 Å². The zero-order valence-corrected chi connectivity index (χ0v) is 9.37. The van der Waals surface area contributed by atoms with Gasteiger partial charge in [-0.25, -0.2) is 4.98 Å². The van der Waals surface area contributed by atoms with E-state index in [4.69, 9.17) is 11.6 Å². The van der Waals surface area contributed by atoms with Gasteiger partial charge in [0.1, 0.15) is 5.52 Å². The third-order valence-corrected chi connectivity index (χ3v) is 3.22. The molecule has 1 heterocycles. The molecule has 1 aromatic carbocycles. The van der Waals surface area contributed by atoms with Gasteiger partial charge in [0.05, 0.1) is 0 Å². The van der Waals surface area contributed by atoms with Crippen molar-refractivity contribution in [3.63, 3.8) is 0 Å². The summed E-state index contributed by atoms with van der Waals surface area (Å²) in [7, 11) is 0.